The van der Waals surface area contributed by atoms with Crippen LogP contribution >= 0.6 is 0 Å². The standard InChI is InChI=1S/C26H40FN7O2/c1-36-19-9-14-33(15-10-19)20-8-13-30-26(11-6-4-2-3-5-7-12-26)22(20)31-25(35)21-23(28)32-34-17-18(27)16-29-24(21)34/h16-17,19-20,22,30H,2-15H2,1H3,(H2,28,32)(H,31,35). The van der Waals surface area contributed by atoms with Crippen LogP contribution in [0.5, 0.6) is 0 Å². The van der Waals surface area contributed by atoms with Gasteiger partial charge in [-0.2, -0.15) is 0 Å². The van der Waals surface area contributed by atoms with Gasteiger partial charge in [0.2, 0.25) is 0 Å². The number of likely N-dealkylation sites (tertiary alicyclic amines) is 1. The molecule has 0 bridgehead atoms. The number of ether oxygens (including phenoxy) is 1. The number of piperidine rings is 2. The van der Waals surface area contributed by atoms with Crippen molar-refractivity contribution in [1.82, 2.24) is 30.1 Å². The number of fused-ring (bicyclic) bond motifs is 1. The number of methoxy groups -OCH3 is 1. The van der Waals surface area contributed by atoms with E-state index in [1.54, 1.807) is 7.11 Å². The van der Waals surface area contributed by atoms with Crippen molar-refractivity contribution in [3.05, 3.63) is 23.8 Å². The molecule has 198 valence electrons. The van der Waals surface area contributed by atoms with Crippen LogP contribution in [-0.2, 0) is 4.74 Å². The number of rotatable bonds is 4. The SMILES string of the molecule is COC1CCN(C2CCNC3(CCCCCCCC3)C2NC(=O)c2c(N)nn3cc(F)cnc23)CC1. The minimum atomic E-state index is -0.530. The number of nitrogen functional groups attached to an aromatic ring is 1. The van der Waals surface area contributed by atoms with Crippen molar-refractivity contribution in [1.29, 1.82) is 0 Å². The van der Waals surface area contributed by atoms with Gasteiger partial charge in [0, 0.05) is 31.8 Å². The average molecular weight is 502 g/mol. The molecule has 2 aromatic heterocycles. The second-order valence-corrected chi connectivity index (χ2v) is 10.8. The van der Waals surface area contributed by atoms with Crippen LogP contribution in [0.2, 0.25) is 0 Å². The summed E-state index contributed by atoms with van der Waals surface area (Å²) in [6.45, 7) is 2.87. The minimum absolute atomic E-state index is 0.0651. The molecular weight excluding hydrogens is 461 g/mol. The van der Waals surface area contributed by atoms with Crippen LogP contribution in [0, 0.1) is 5.82 Å². The third-order valence-electron chi connectivity index (χ3n) is 8.65. The molecule has 1 saturated carbocycles. The second kappa shape index (κ2) is 11.0. The van der Waals surface area contributed by atoms with Gasteiger partial charge >= 0.3 is 0 Å². The maximum atomic E-state index is 13.8. The predicted octanol–water partition coefficient (Wildman–Crippen LogP) is 2.89. The van der Waals surface area contributed by atoms with Crippen molar-refractivity contribution < 1.29 is 13.9 Å². The molecule has 3 fully saturated rings. The highest BCUT2D eigenvalue weighted by molar-refractivity contribution is 6.04. The first-order valence-corrected chi connectivity index (χ1v) is 13.6. The van der Waals surface area contributed by atoms with Crippen molar-refractivity contribution in [3.63, 3.8) is 0 Å². The van der Waals surface area contributed by atoms with E-state index in [2.05, 4.69) is 25.6 Å². The van der Waals surface area contributed by atoms with E-state index in [0.29, 0.717) is 6.10 Å². The number of nitrogens with one attached hydrogen (secondary N) is 2. The van der Waals surface area contributed by atoms with E-state index in [-0.39, 0.29) is 40.6 Å². The number of nitrogens with two attached hydrogens (primary N) is 1. The summed E-state index contributed by atoms with van der Waals surface area (Å²) < 4.78 is 20.6. The smallest absolute Gasteiger partial charge is 0.259 e. The monoisotopic (exact) mass is 501 g/mol. The van der Waals surface area contributed by atoms with Gasteiger partial charge < -0.3 is 21.1 Å². The van der Waals surface area contributed by atoms with Crippen LogP contribution in [0.15, 0.2) is 12.4 Å². The van der Waals surface area contributed by atoms with E-state index < -0.39 is 5.82 Å². The molecule has 1 spiro atoms. The molecule has 1 aliphatic carbocycles. The third kappa shape index (κ3) is 5.08. The average Bonchev–Trinajstić information content (AvgIpc) is 3.26. The van der Waals surface area contributed by atoms with Gasteiger partial charge in [0.1, 0.15) is 5.56 Å². The summed E-state index contributed by atoms with van der Waals surface area (Å²) >= 11 is 0. The van der Waals surface area contributed by atoms with Gasteiger partial charge in [-0.15, -0.1) is 5.10 Å². The van der Waals surface area contributed by atoms with Crippen LogP contribution in [0.4, 0.5) is 10.2 Å². The zero-order valence-electron chi connectivity index (χ0n) is 21.3. The Hall–Kier alpha value is -2.30. The van der Waals surface area contributed by atoms with E-state index >= 15 is 0 Å². The van der Waals surface area contributed by atoms with E-state index in [9.17, 15) is 9.18 Å². The number of hydrogen-bond acceptors (Lipinski definition) is 7. The Labute approximate surface area is 212 Å². The Morgan fingerprint density at radius 1 is 1.17 bits per heavy atom. The van der Waals surface area contributed by atoms with E-state index in [1.165, 1.54) is 36.4 Å². The molecule has 2 atom stereocenters. The highest BCUT2D eigenvalue weighted by atomic mass is 19.1. The van der Waals surface area contributed by atoms with Gasteiger partial charge in [-0.1, -0.05) is 38.5 Å². The first kappa shape index (κ1) is 25.4. The Bertz CT molecular complexity index is 1040. The number of amides is 1. The third-order valence-corrected chi connectivity index (χ3v) is 8.65. The number of hydrogen-bond donors (Lipinski definition) is 3. The highest BCUT2D eigenvalue weighted by Gasteiger charge is 2.48. The van der Waals surface area contributed by atoms with Gasteiger partial charge in [-0.05, 0) is 38.6 Å². The Balaban J connectivity index is 1.47. The molecule has 2 saturated heterocycles. The van der Waals surface area contributed by atoms with Crippen LogP contribution in [-0.4, -0.2) is 75.9 Å². The van der Waals surface area contributed by atoms with Gasteiger partial charge in [0.05, 0.1) is 24.5 Å². The molecule has 2 aliphatic heterocycles. The largest absolute Gasteiger partial charge is 0.381 e. The minimum Gasteiger partial charge on any atom is -0.381 e. The number of nitrogens with zero attached hydrogens (tertiary/aromatic N) is 4. The van der Waals surface area contributed by atoms with Crippen molar-refractivity contribution in [2.75, 3.05) is 32.5 Å². The van der Waals surface area contributed by atoms with Crippen molar-refractivity contribution >= 4 is 17.4 Å². The zero-order valence-corrected chi connectivity index (χ0v) is 21.3. The van der Waals surface area contributed by atoms with E-state index in [4.69, 9.17) is 10.5 Å². The lowest BCUT2D eigenvalue weighted by molar-refractivity contribution is -0.00455. The molecule has 4 heterocycles. The number of anilines is 1. The predicted molar refractivity (Wildman–Crippen MR) is 136 cm³/mol. The molecule has 1 amide bonds. The first-order valence-electron chi connectivity index (χ1n) is 13.6. The zero-order chi connectivity index (χ0) is 25.1. The van der Waals surface area contributed by atoms with Crippen molar-refractivity contribution in [2.24, 2.45) is 0 Å². The molecule has 0 aromatic carbocycles. The Morgan fingerprint density at radius 2 is 1.86 bits per heavy atom. The molecule has 10 heteroatoms. The summed E-state index contributed by atoms with van der Waals surface area (Å²) in [5.74, 6) is -0.751. The van der Waals surface area contributed by atoms with Gasteiger partial charge in [0.15, 0.2) is 17.3 Å². The van der Waals surface area contributed by atoms with E-state index in [1.807, 2.05) is 0 Å². The first-order chi connectivity index (χ1) is 17.5. The fraction of sp³-hybridized carbons (Fsp3) is 0.731. The second-order valence-electron chi connectivity index (χ2n) is 10.8. The lowest BCUT2D eigenvalue weighted by Gasteiger charge is -2.53. The van der Waals surface area contributed by atoms with Gasteiger partial charge in [0.25, 0.3) is 5.91 Å². The summed E-state index contributed by atoms with van der Waals surface area (Å²) in [7, 11) is 1.79. The maximum absolute atomic E-state index is 13.8. The summed E-state index contributed by atoms with van der Waals surface area (Å²) in [6, 6.07) is 0.146. The fourth-order valence-corrected chi connectivity index (χ4v) is 6.75. The molecule has 5 rings (SSSR count). The summed E-state index contributed by atoms with van der Waals surface area (Å²) in [5.41, 5.74) is 6.48. The van der Waals surface area contributed by atoms with E-state index in [0.717, 1.165) is 70.8 Å². The molecule has 4 N–H and O–H groups in total. The number of carbonyl (C=O) groups excluding carboxylic acids is 1. The fourth-order valence-electron chi connectivity index (χ4n) is 6.75. The topological polar surface area (TPSA) is 110 Å². The van der Waals surface area contributed by atoms with Crippen LogP contribution in [0.1, 0.15) is 81.0 Å². The maximum Gasteiger partial charge on any atom is 0.259 e. The normalized spacial score (nSPS) is 26.4. The van der Waals surface area contributed by atoms with Crippen LogP contribution in [0.3, 0.4) is 0 Å². The Morgan fingerprint density at radius 3 is 2.56 bits per heavy atom. The van der Waals surface area contributed by atoms with Crippen molar-refractivity contribution in [2.45, 2.75) is 94.4 Å². The van der Waals surface area contributed by atoms with Crippen LogP contribution < -0.4 is 16.4 Å². The number of aromatic nitrogens is 3. The quantitative estimate of drug-likeness (QED) is 0.591. The lowest BCUT2D eigenvalue weighted by Crippen LogP contribution is -2.72. The molecule has 9 nitrogen and oxygen atoms in total. The lowest BCUT2D eigenvalue weighted by atomic mass is 9.73. The number of carbonyl (C=O) groups is 1. The summed E-state index contributed by atoms with van der Waals surface area (Å²) in [5, 5.41) is 11.5. The van der Waals surface area contributed by atoms with Gasteiger partial charge in [-0.25, -0.2) is 13.9 Å². The summed E-state index contributed by atoms with van der Waals surface area (Å²) in [4.78, 5) is 20.5. The van der Waals surface area contributed by atoms with Gasteiger partial charge in [-0.3, -0.25) is 9.69 Å². The highest BCUT2D eigenvalue weighted by Crippen LogP contribution is 2.36. The number of halogens is 1. The molecule has 36 heavy (non-hydrogen) atoms. The molecule has 0 radical (unpaired) electrons. The van der Waals surface area contributed by atoms with Crippen LogP contribution in [0.25, 0.3) is 5.65 Å². The molecular formula is C26H40FN7O2. The molecule has 2 unspecified atom stereocenters. The summed E-state index contributed by atoms with van der Waals surface area (Å²) in [6.07, 6.45) is 15.0. The molecule has 3 aliphatic rings. The van der Waals surface area contributed by atoms with Crippen molar-refractivity contribution in [3.8, 4) is 0 Å². The Kier molecular flexibility index (Phi) is 7.73. The molecule has 2 aromatic rings.